The fourth-order valence-electron chi connectivity index (χ4n) is 1.63. The lowest BCUT2D eigenvalue weighted by atomic mass is 10.3. The molecule has 0 saturated carbocycles. The third kappa shape index (κ3) is 3.43. The van der Waals surface area contributed by atoms with Crippen LogP contribution in [0.2, 0.25) is 5.02 Å². The second-order valence-corrected chi connectivity index (χ2v) is 5.61. The number of hydrogen-bond acceptors (Lipinski definition) is 2. The summed E-state index contributed by atoms with van der Waals surface area (Å²) in [6, 6.07) is 2.51. The molecule has 0 unspecified atom stereocenters. The van der Waals surface area contributed by atoms with Gasteiger partial charge in [-0.2, -0.15) is 13.2 Å². The van der Waals surface area contributed by atoms with Gasteiger partial charge in [0, 0.05) is 18.4 Å². The van der Waals surface area contributed by atoms with E-state index in [1.807, 2.05) is 0 Å². The molecule has 1 aromatic carbocycles. The van der Waals surface area contributed by atoms with Crippen molar-refractivity contribution in [2.75, 3.05) is 5.75 Å². The van der Waals surface area contributed by atoms with Gasteiger partial charge in [0.2, 0.25) is 0 Å². The Morgan fingerprint density at radius 1 is 1.37 bits per heavy atom. The van der Waals surface area contributed by atoms with Gasteiger partial charge < -0.3 is 9.55 Å². The Hall–Kier alpha value is -0.730. The van der Waals surface area contributed by atoms with Gasteiger partial charge in [-0.15, -0.1) is 0 Å². The molecule has 2 rings (SSSR count). The minimum absolute atomic E-state index is 0.0318. The molecule has 0 radical (unpaired) electrons. The lowest BCUT2D eigenvalue weighted by molar-refractivity contribution is -0.0328. The van der Waals surface area contributed by atoms with Crippen molar-refractivity contribution >= 4 is 46.6 Å². The van der Waals surface area contributed by atoms with Crippen LogP contribution in [0, 0.1) is 10.6 Å². The number of alkyl halides is 3. The molecule has 0 spiro atoms. The first-order valence-corrected chi connectivity index (χ1v) is 6.83. The van der Waals surface area contributed by atoms with Crippen molar-refractivity contribution < 1.29 is 17.6 Å². The van der Waals surface area contributed by atoms with E-state index in [0.29, 0.717) is 11.0 Å². The Morgan fingerprint density at radius 3 is 2.68 bits per heavy atom. The van der Waals surface area contributed by atoms with Crippen LogP contribution >= 0.6 is 35.6 Å². The summed E-state index contributed by atoms with van der Waals surface area (Å²) in [6.45, 7) is 0.0318. The quantitative estimate of drug-likeness (QED) is 0.648. The highest BCUT2D eigenvalue weighted by Gasteiger charge is 2.27. The number of imidazole rings is 1. The molecule has 0 aliphatic heterocycles. The Balaban J connectivity index is 2.30. The number of H-pyrrole nitrogens is 1. The summed E-state index contributed by atoms with van der Waals surface area (Å²) in [7, 11) is 0. The summed E-state index contributed by atoms with van der Waals surface area (Å²) in [5.74, 6) is -0.838. The van der Waals surface area contributed by atoms with Crippen LogP contribution in [0.5, 0.6) is 0 Å². The maximum Gasteiger partial charge on any atom is 0.441 e. The number of thioether (sulfide) groups is 1. The molecule has 0 fully saturated rings. The maximum absolute atomic E-state index is 13.4. The number of aromatic nitrogens is 2. The zero-order valence-electron chi connectivity index (χ0n) is 9.22. The SMILES string of the molecule is Fc1cc2c(cc1Cl)[nH]c(=S)n2CCSC(F)(F)F. The standard InChI is InChI=1S/C10H7ClF4N2S2/c11-5-3-7-8(4-6(5)12)17(9(18)16-7)1-2-19-10(13,14)15/h3-4H,1-2H2,(H,16,18). The van der Waals surface area contributed by atoms with Crippen molar-refractivity contribution in [2.24, 2.45) is 0 Å². The van der Waals surface area contributed by atoms with E-state index in [2.05, 4.69) is 4.98 Å². The Bertz CT molecular complexity index is 662. The number of benzene rings is 1. The van der Waals surface area contributed by atoms with Crippen molar-refractivity contribution in [2.45, 2.75) is 12.1 Å². The molecule has 0 atom stereocenters. The topological polar surface area (TPSA) is 20.7 Å². The van der Waals surface area contributed by atoms with Crippen molar-refractivity contribution in [1.29, 1.82) is 0 Å². The van der Waals surface area contributed by atoms with Crippen molar-refractivity contribution in [3.05, 3.63) is 27.7 Å². The van der Waals surface area contributed by atoms with Crippen LogP contribution in [0.15, 0.2) is 12.1 Å². The van der Waals surface area contributed by atoms with Crippen LogP contribution in [-0.2, 0) is 6.54 Å². The molecule has 0 bridgehead atoms. The number of aryl methyl sites for hydroxylation is 1. The van der Waals surface area contributed by atoms with Gasteiger partial charge in [0.25, 0.3) is 0 Å². The first-order valence-electron chi connectivity index (χ1n) is 5.06. The third-order valence-electron chi connectivity index (χ3n) is 2.40. The molecule has 104 valence electrons. The zero-order valence-corrected chi connectivity index (χ0v) is 11.6. The monoisotopic (exact) mass is 330 g/mol. The first-order chi connectivity index (χ1) is 8.78. The van der Waals surface area contributed by atoms with Crippen LogP contribution in [0.3, 0.4) is 0 Å². The lowest BCUT2D eigenvalue weighted by Gasteiger charge is -2.07. The summed E-state index contributed by atoms with van der Waals surface area (Å²) in [5, 5.41) is -0.0689. The summed E-state index contributed by atoms with van der Waals surface area (Å²) >= 11 is 10.5. The molecule has 0 aliphatic carbocycles. The molecule has 2 aromatic rings. The summed E-state index contributed by atoms with van der Waals surface area (Å²) in [4.78, 5) is 2.78. The number of fused-ring (bicyclic) bond motifs is 1. The van der Waals surface area contributed by atoms with E-state index in [1.165, 1.54) is 10.6 Å². The molecule has 2 nitrogen and oxygen atoms in total. The third-order valence-corrected chi connectivity index (χ3v) is 3.72. The van der Waals surface area contributed by atoms with Gasteiger partial charge in [0.05, 0.1) is 16.1 Å². The van der Waals surface area contributed by atoms with Crippen LogP contribution in [0.4, 0.5) is 17.6 Å². The van der Waals surface area contributed by atoms with Crippen molar-refractivity contribution in [1.82, 2.24) is 9.55 Å². The summed E-state index contributed by atoms with van der Waals surface area (Å²) in [5.41, 5.74) is -3.40. The molecule has 0 aliphatic rings. The highest BCUT2D eigenvalue weighted by atomic mass is 35.5. The highest BCUT2D eigenvalue weighted by molar-refractivity contribution is 8.00. The molecule has 1 aromatic heterocycles. The fourth-order valence-corrected chi connectivity index (χ4v) is 2.60. The number of nitrogens with one attached hydrogen (secondary N) is 1. The number of hydrogen-bond donors (Lipinski definition) is 1. The molecule has 1 N–H and O–H groups in total. The van der Waals surface area contributed by atoms with Gasteiger partial charge in [0.1, 0.15) is 5.82 Å². The van der Waals surface area contributed by atoms with Crippen molar-refractivity contribution in [3.8, 4) is 0 Å². The minimum Gasteiger partial charge on any atom is -0.331 e. The van der Waals surface area contributed by atoms with Gasteiger partial charge >= 0.3 is 5.51 Å². The largest absolute Gasteiger partial charge is 0.441 e. The second kappa shape index (κ2) is 5.34. The van der Waals surface area contributed by atoms with E-state index in [9.17, 15) is 17.6 Å². The zero-order chi connectivity index (χ0) is 14.2. The molecule has 9 heteroatoms. The Labute approximate surface area is 119 Å². The average Bonchev–Trinajstić information content (AvgIpc) is 2.55. The van der Waals surface area contributed by atoms with Crippen molar-refractivity contribution in [3.63, 3.8) is 0 Å². The lowest BCUT2D eigenvalue weighted by Crippen LogP contribution is -2.07. The number of rotatable bonds is 3. The molecule has 1 heterocycles. The molecule has 0 saturated heterocycles. The van der Waals surface area contributed by atoms with Crippen LogP contribution in [-0.4, -0.2) is 20.8 Å². The van der Waals surface area contributed by atoms with Crippen LogP contribution < -0.4 is 0 Å². The predicted octanol–water partition coefficient (Wildman–Crippen LogP) is 4.74. The molecular weight excluding hydrogens is 324 g/mol. The first kappa shape index (κ1) is 14.7. The van der Waals surface area contributed by atoms with E-state index in [0.717, 1.165) is 6.07 Å². The van der Waals surface area contributed by atoms with E-state index >= 15 is 0 Å². The van der Waals surface area contributed by atoms with Crippen LogP contribution in [0.1, 0.15) is 0 Å². The predicted molar refractivity (Wildman–Crippen MR) is 70.6 cm³/mol. The van der Waals surface area contributed by atoms with E-state index in [4.69, 9.17) is 23.8 Å². The Morgan fingerprint density at radius 2 is 2.05 bits per heavy atom. The highest BCUT2D eigenvalue weighted by Crippen LogP contribution is 2.30. The minimum atomic E-state index is -4.29. The summed E-state index contributed by atoms with van der Waals surface area (Å²) < 4.78 is 51.2. The normalized spacial score (nSPS) is 12.3. The van der Waals surface area contributed by atoms with E-state index in [1.54, 1.807) is 0 Å². The fraction of sp³-hybridized carbons (Fsp3) is 0.300. The Kier molecular flexibility index (Phi) is 4.12. The van der Waals surface area contributed by atoms with Gasteiger partial charge in [-0.3, -0.25) is 0 Å². The average molecular weight is 331 g/mol. The van der Waals surface area contributed by atoms with E-state index in [-0.39, 0.29) is 33.9 Å². The van der Waals surface area contributed by atoms with E-state index < -0.39 is 11.3 Å². The number of halogens is 5. The van der Waals surface area contributed by atoms with Gasteiger partial charge in [0.15, 0.2) is 4.77 Å². The number of nitrogens with zero attached hydrogens (tertiary/aromatic N) is 1. The summed E-state index contributed by atoms with van der Waals surface area (Å²) in [6.07, 6.45) is 0. The molecule has 19 heavy (non-hydrogen) atoms. The van der Waals surface area contributed by atoms with Gasteiger partial charge in [-0.25, -0.2) is 4.39 Å². The van der Waals surface area contributed by atoms with Gasteiger partial charge in [-0.1, -0.05) is 11.6 Å². The smallest absolute Gasteiger partial charge is 0.331 e. The van der Waals surface area contributed by atoms with Gasteiger partial charge in [-0.05, 0) is 30.0 Å². The molecular formula is C10H7ClF4N2S2. The number of aromatic amines is 1. The molecule has 0 amide bonds. The second-order valence-electron chi connectivity index (χ2n) is 3.66. The maximum atomic E-state index is 13.4. The van der Waals surface area contributed by atoms with Crippen LogP contribution in [0.25, 0.3) is 11.0 Å².